The molecule has 0 aliphatic carbocycles. The van der Waals surface area contributed by atoms with E-state index in [4.69, 9.17) is 28.4 Å². The zero-order chi connectivity index (χ0) is 23.4. The van der Waals surface area contributed by atoms with Crippen molar-refractivity contribution < 1.29 is 38.0 Å². The number of fused-ring (bicyclic) bond motifs is 6. The average Bonchev–Trinajstić information content (AvgIpc) is 3.22. The van der Waals surface area contributed by atoms with Crippen LogP contribution in [0.5, 0.6) is 34.5 Å². The fourth-order valence-corrected chi connectivity index (χ4v) is 4.64. The Morgan fingerprint density at radius 3 is 2.39 bits per heavy atom. The smallest absolute Gasteiger partial charge is 0.308 e. The number of Topliss-reactive ketones (excluding diaryl/α,β-unsaturated/α-hetero) is 1. The molecule has 8 heteroatoms. The number of methoxy groups -OCH3 is 2. The number of benzene rings is 2. The maximum absolute atomic E-state index is 13.9. The van der Waals surface area contributed by atoms with Crippen molar-refractivity contribution in [2.24, 2.45) is 0 Å². The summed E-state index contributed by atoms with van der Waals surface area (Å²) in [6.07, 6.45) is -0.287. The summed E-state index contributed by atoms with van der Waals surface area (Å²) in [5, 5.41) is 0. The standard InChI is InChI=1S/C25H24O8/c1-11(2)15-7-14-17(32-15)9-20(31-12(3)26)23-24(27)22-13-6-18(28-4)19(29-5)8-16(13)30-10-21(22)33-25(14)23/h6,8-9,15,21-22H,1,7,10H2,2-5H3/t15-,21+,22+/m1/s1. The molecule has 0 aromatic heterocycles. The van der Waals surface area contributed by atoms with E-state index in [1.807, 2.05) is 6.92 Å². The van der Waals surface area contributed by atoms with Gasteiger partial charge in [0, 0.05) is 36.6 Å². The van der Waals surface area contributed by atoms with E-state index < -0.39 is 18.0 Å². The topological polar surface area (TPSA) is 89.5 Å². The van der Waals surface area contributed by atoms with Crippen LogP contribution in [-0.2, 0) is 11.2 Å². The third kappa shape index (κ3) is 3.28. The van der Waals surface area contributed by atoms with Crippen LogP contribution in [0, 0.1) is 0 Å². The highest BCUT2D eigenvalue weighted by Gasteiger charge is 2.47. The van der Waals surface area contributed by atoms with Crippen molar-refractivity contribution in [3.8, 4) is 34.5 Å². The zero-order valence-electron chi connectivity index (χ0n) is 18.9. The Bertz CT molecular complexity index is 1200. The summed E-state index contributed by atoms with van der Waals surface area (Å²) >= 11 is 0. The number of ketones is 1. The monoisotopic (exact) mass is 452 g/mol. The Balaban J connectivity index is 1.66. The second kappa shape index (κ2) is 7.72. The largest absolute Gasteiger partial charge is 0.493 e. The quantitative estimate of drug-likeness (QED) is 0.395. The van der Waals surface area contributed by atoms with Crippen molar-refractivity contribution in [2.45, 2.75) is 38.4 Å². The molecule has 3 aliphatic rings. The molecule has 33 heavy (non-hydrogen) atoms. The molecule has 0 saturated carbocycles. The maximum atomic E-state index is 13.9. The Morgan fingerprint density at radius 2 is 1.73 bits per heavy atom. The minimum atomic E-state index is -0.660. The van der Waals surface area contributed by atoms with Gasteiger partial charge in [0.1, 0.15) is 47.4 Å². The van der Waals surface area contributed by atoms with Crippen LogP contribution < -0.4 is 28.4 Å². The number of esters is 1. The molecule has 3 heterocycles. The first-order chi connectivity index (χ1) is 15.8. The second-order valence-corrected chi connectivity index (χ2v) is 8.36. The maximum Gasteiger partial charge on any atom is 0.308 e. The normalized spacial score (nSPS) is 21.8. The first kappa shape index (κ1) is 21.2. The summed E-state index contributed by atoms with van der Waals surface area (Å²) in [6.45, 7) is 7.32. The zero-order valence-corrected chi connectivity index (χ0v) is 18.9. The van der Waals surface area contributed by atoms with Crippen LogP contribution in [0.4, 0.5) is 0 Å². The third-order valence-electron chi connectivity index (χ3n) is 6.19. The van der Waals surface area contributed by atoms with Gasteiger partial charge >= 0.3 is 5.97 Å². The van der Waals surface area contributed by atoms with Crippen LogP contribution in [0.2, 0.25) is 0 Å². The summed E-state index contributed by atoms with van der Waals surface area (Å²) in [4.78, 5) is 25.8. The molecule has 5 rings (SSSR count). The predicted molar refractivity (Wildman–Crippen MR) is 117 cm³/mol. The molecule has 0 radical (unpaired) electrons. The molecule has 0 fully saturated rings. The van der Waals surface area contributed by atoms with Gasteiger partial charge in [0.2, 0.25) is 0 Å². The van der Waals surface area contributed by atoms with Crippen molar-refractivity contribution in [2.75, 3.05) is 20.8 Å². The van der Waals surface area contributed by atoms with E-state index >= 15 is 0 Å². The van der Waals surface area contributed by atoms with E-state index in [0.29, 0.717) is 40.7 Å². The van der Waals surface area contributed by atoms with Crippen LogP contribution >= 0.6 is 0 Å². The van der Waals surface area contributed by atoms with E-state index in [2.05, 4.69) is 6.58 Å². The average molecular weight is 452 g/mol. The summed E-state index contributed by atoms with van der Waals surface area (Å²) in [5.41, 5.74) is 2.48. The molecule has 3 atom stereocenters. The van der Waals surface area contributed by atoms with Gasteiger partial charge in [-0.05, 0) is 18.6 Å². The van der Waals surface area contributed by atoms with Gasteiger partial charge in [0.05, 0.1) is 20.1 Å². The Labute approximate surface area is 191 Å². The third-order valence-corrected chi connectivity index (χ3v) is 6.19. The molecule has 2 aromatic rings. The number of rotatable bonds is 4. The SMILES string of the molecule is C=C(C)[C@H]1Cc2c(cc(OC(C)=O)c3c2O[C@H]2COc4cc(OC)c(OC)cc4[C@@H]2C3=O)O1. The lowest BCUT2D eigenvalue weighted by Crippen LogP contribution is -2.43. The molecule has 2 aromatic carbocycles. The van der Waals surface area contributed by atoms with Gasteiger partial charge < -0.3 is 28.4 Å². The molecule has 0 amide bonds. The van der Waals surface area contributed by atoms with Gasteiger partial charge in [-0.15, -0.1) is 0 Å². The summed E-state index contributed by atoms with van der Waals surface area (Å²) < 4.78 is 34.5. The molecule has 8 nitrogen and oxygen atoms in total. The van der Waals surface area contributed by atoms with Crippen molar-refractivity contribution in [3.63, 3.8) is 0 Å². The molecular formula is C25H24O8. The minimum Gasteiger partial charge on any atom is -0.493 e. The summed E-state index contributed by atoms with van der Waals surface area (Å²) in [7, 11) is 3.06. The summed E-state index contributed by atoms with van der Waals surface area (Å²) in [5.74, 6) is 1.11. The van der Waals surface area contributed by atoms with E-state index in [1.54, 1.807) is 18.2 Å². The van der Waals surface area contributed by atoms with Crippen molar-refractivity contribution >= 4 is 11.8 Å². The highest BCUT2D eigenvalue weighted by molar-refractivity contribution is 6.08. The fraction of sp³-hybridized carbons (Fsp3) is 0.360. The molecule has 0 spiro atoms. The van der Waals surface area contributed by atoms with Crippen LogP contribution in [-0.4, -0.2) is 44.8 Å². The summed E-state index contributed by atoms with van der Waals surface area (Å²) in [6, 6.07) is 5.03. The highest BCUT2D eigenvalue weighted by Crippen LogP contribution is 2.52. The van der Waals surface area contributed by atoms with Crippen molar-refractivity contribution in [1.82, 2.24) is 0 Å². The molecule has 0 unspecified atom stereocenters. The lowest BCUT2D eigenvalue weighted by Gasteiger charge is -2.38. The molecular weight excluding hydrogens is 428 g/mol. The molecule has 0 saturated heterocycles. The molecule has 3 aliphatic heterocycles. The van der Waals surface area contributed by atoms with Crippen LogP contribution in [0.15, 0.2) is 30.4 Å². The van der Waals surface area contributed by atoms with Gasteiger partial charge in [0.25, 0.3) is 0 Å². The molecule has 172 valence electrons. The van der Waals surface area contributed by atoms with Gasteiger partial charge in [-0.2, -0.15) is 0 Å². The van der Waals surface area contributed by atoms with Crippen LogP contribution in [0.1, 0.15) is 41.3 Å². The second-order valence-electron chi connectivity index (χ2n) is 8.36. The number of carbonyl (C=O) groups is 2. The fourth-order valence-electron chi connectivity index (χ4n) is 4.64. The van der Waals surface area contributed by atoms with Gasteiger partial charge in [0.15, 0.2) is 17.3 Å². The van der Waals surface area contributed by atoms with Crippen LogP contribution in [0.3, 0.4) is 0 Å². The van der Waals surface area contributed by atoms with E-state index in [1.165, 1.54) is 21.1 Å². The van der Waals surface area contributed by atoms with Crippen LogP contribution in [0.25, 0.3) is 0 Å². The Hall–Kier alpha value is -3.68. The van der Waals surface area contributed by atoms with Gasteiger partial charge in [-0.25, -0.2) is 0 Å². The number of ether oxygens (including phenoxy) is 6. The predicted octanol–water partition coefficient (Wildman–Crippen LogP) is 3.63. The number of carbonyl (C=O) groups excluding carboxylic acids is 2. The lowest BCUT2D eigenvalue weighted by atomic mass is 9.80. The van der Waals surface area contributed by atoms with E-state index in [9.17, 15) is 9.59 Å². The first-order valence-corrected chi connectivity index (χ1v) is 10.6. The van der Waals surface area contributed by atoms with E-state index in [0.717, 1.165) is 11.1 Å². The number of hydrogen-bond donors (Lipinski definition) is 0. The van der Waals surface area contributed by atoms with Gasteiger partial charge in [-0.3, -0.25) is 9.59 Å². The number of hydrogen-bond acceptors (Lipinski definition) is 8. The van der Waals surface area contributed by atoms with Crippen molar-refractivity contribution in [3.05, 3.63) is 47.0 Å². The lowest BCUT2D eigenvalue weighted by molar-refractivity contribution is -0.131. The molecule has 0 N–H and O–H groups in total. The van der Waals surface area contributed by atoms with E-state index in [-0.39, 0.29) is 29.8 Å². The minimum absolute atomic E-state index is 0.121. The Kier molecular flexibility index (Phi) is 4.96. The highest BCUT2D eigenvalue weighted by atomic mass is 16.6. The first-order valence-electron chi connectivity index (χ1n) is 10.6. The molecule has 0 bridgehead atoms. The van der Waals surface area contributed by atoms with Gasteiger partial charge in [-0.1, -0.05) is 6.58 Å². The van der Waals surface area contributed by atoms with Crippen molar-refractivity contribution in [1.29, 1.82) is 0 Å². The Morgan fingerprint density at radius 1 is 1.03 bits per heavy atom.